The number of anilines is 1. The molecule has 0 aliphatic rings. The summed E-state index contributed by atoms with van der Waals surface area (Å²) in [6.07, 6.45) is 3.19. The number of carbonyl (C=O) groups is 2. The normalized spacial score (nSPS) is 12.1. The van der Waals surface area contributed by atoms with Crippen LogP contribution in [-0.4, -0.2) is 16.8 Å². The average Bonchev–Trinajstić information content (AvgIpc) is 3.22. The predicted octanol–water partition coefficient (Wildman–Crippen LogP) is 5.58. The summed E-state index contributed by atoms with van der Waals surface area (Å²) in [4.78, 5) is 29.0. The van der Waals surface area contributed by atoms with Crippen LogP contribution in [0.2, 0.25) is 0 Å². The van der Waals surface area contributed by atoms with Gasteiger partial charge in [0.2, 0.25) is 5.91 Å². The molecule has 5 nitrogen and oxygen atoms in total. The molecule has 1 aromatic heterocycles. The summed E-state index contributed by atoms with van der Waals surface area (Å²) in [5.74, 6) is -0.929. The standard InChI is InChI=1S/C25H20FN3O2S/c1-16(27-23(30)14-15-24-29-21-4-2-3-5-22(21)32-24)17-8-12-20(13-9-17)28-25(31)18-6-10-19(26)11-7-18/h2-16H,1H3,(H,27,30)(H,28,31). The molecule has 1 atom stereocenters. The number of fused-ring (bicyclic) bond motifs is 1. The zero-order valence-corrected chi connectivity index (χ0v) is 18.0. The number of para-hydroxylation sites is 1. The fourth-order valence-corrected chi connectivity index (χ4v) is 3.98. The fraction of sp³-hybridized carbons (Fsp3) is 0.0800. The summed E-state index contributed by atoms with van der Waals surface area (Å²) in [6, 6.07) is 20.2. The number of thiazole rings is 1. The largest absolute Gasteiger partial charge is 0.346 e. The number of nitrogens with zero attached hydrogens (tertiary/aromatic N) is 1. The topological polar surface area (TPSA) is 71.1 Å². The van der Waals surface area contributed by atoms with Gasteiger partial charge in [-0.1, -0.05) is 24.3 Å². The zero-order valence-electron chi connectivity index (χ0n) is 17.2. The van der Waals surface area contributed by atoms with E-state index in [9.17, 15) is 14.0 Å². The highest BCUT2D eigenvalue weighted by Gasteiger charge is 2.10. The molecule has 1 heterocycles. The van der Waals surface area contributed by atoms with E-state index in [0.29, 0.717) is 11.3 Å². The molecule has 0 spiro atoms. The van der Waals surface area contributed by atoms with Crippen LogP contribution >= 0.6 is 11.3 Å². The van der Waals surface area contributed by atoms with E-state index < -0.39 is 5.82 Å². The van der Waals surface area contributed by atoms with E-state index in [-0.39, 0.29) is 17.9 Å². The second kappa shape index (κ2) is 9.53. The van der Waals surface area contributed by atoms with Crippen molar-refractivity contribution in [2.24, 2.45) is 0 Å². The minimum absolute atomic E-state index is 0.217. The maximum atomic E-state index is 13.0. The highest BCUT2D eigenvalue weighted by molar-refractivity contribution is 7.19. The van der Waals surface area contributed by atoms with E-state index in [2.05, 4.69) is 15.6 Å². The van der Waals surface area contributed by atoms with Gasteiger partial charge >= 0.3 is 0 Å². The van der Waals surface area contributed by atoms with Crippen LogP contribution < -0.4 is 10.6 Å². The van der Waals surface area contributed by atoms with Crippen molar-refractivity contribution in [3.05, 3.63) is 101 Å². The molecule has 2 amide bonds. The van der Waals surface area contributed by atoms with Crippen LogP contribution in [0, 0.1) is 5.82 Å². The molecular formula is C25H20FN3O2S. The summed E-state index contributed by atoms with van der Waals surface area (Å²) < 4.78 is 14.1. The number of benzene rings is 3. The van der Waals surface area contributed by atoms with Gasteiger partial charge in [0, 0.05) is 17.3 Å². The number of nitrogens with one attached hydrogen (secondary N) is 2. The third kappa shape index (κ3) is 5.25. The third-order valence-corrected chi connectivity index (χ3v) is 5.82. The lowest BCUT2D eigenvalue weighted by Crippen LogP contribution is -2.24. The van der Waals surface area contributed by atoms with E-state index in [1.807, 2.05) is 43.3 Å². The van der Waals surface area contributed by atoms with Gasteiger partial charge in [0.15, 0.2) is 0 Å². The third-order valence-electron chi connectivity index (χ3n) is 4.82. The number of carbonyl (C=O) groups excluding carboxylic acids is 2. The number of hydrogen-bond donors (Lipinski definition) is 2. The van der Waals surface area contributed by atoms with Crippen molar-refractivity contribution >= 4 is 45.1 Å². The molecule has 4 rings (SSSR count). The smallest absolute Gasteiger partial charge is 0.255 e. The first kappa shape index (κ1) is 21.4. The summed E-state index contributed by atoms with van der Waals surface area (Å²) in [5.41, 5.74) is 2.79. The first-order valence-corrected chi connectivity index (χ1v) is 10.8. The molecule has 4 aromatic rings. The molecule has 1 unspecified atom stereocenters. The highest BCUT2D eigenvalue weighted by atomic mass is 32.1. The van der Waals surface area contributed by atoms with Gasteiger partial charge in [0.1, 0.15) is 10.8 Å². The van der Waals surface area contributed by atoms with E-state index in [0.717, 1.165) is 20.8 Å². The van der Waals surface area contributed by atoms with Gasteiger partial charge in [-0.05, 0) is 67.1 Å². The summed E-state index contributed by atoms with van der Waals surface area (Å²) in [5, 5.41) is 6.46. The number of halogens is 1. The summed E-state index contributed by atoms with van der Waals surface area (Å²) in [6.45, 7) is 1.88. The Morgan fingerprint density at radius 2 is 1.72 bits per heavy atom. The minimum Gasteiger partial charge on any atom is -0.346 e. The van der Waals surface area contributed by atoms with Crippen molar-refractivity contribution in [1.82, 2.24) is 10.3 Å². The Morgan fingerprint density at radius 3 is 2.44 bits per heavy atom. The Hall–Kier alpha value is -3.84. The van der Waals surface area contributed by atoms with Crippen LogP contribution in [-0.2, 0) is 4.79 Å². The van der Waals surface area contributed by atoms with Crippen molar-refractivity contribution < 1.29 is 14.0 Å². The predicted molar refractivity (Wildman–Crippen MR) is 126 cm³/mol. The Morgan fingerprint density at radius 1 is 1.00 bits per heavy atom. The first-order chi connectivity index (χ1) is 15.5. The second-order valence-corrected chi connectivity index (χ2v) is 8.23. The van der Waals surface area contributed by atoms with E-state index in [4.69, 9.17) is 0 Å². The quantitative estimate of drug-likeness (QED) is 0.381. The van der Waals surface area contributed by atoms with Crippen LogP contribution in [0.25, 0.3) is 16.3 Å². The lowest BCUT2D eigenvalue weighted by atomic mass is 10.1. The molecule has 0 aliphatic heterocycles. The Labute approximate surface area is 188 Å². The molecule has 0 saturated heterocycles. The summed E-state index contributed by atoms with van der Waals surface area (Å²) in [7, 11) is 0. The molecule has 0 saturated carbocycles. The van der Waals surface area contributed by atoms with Gasteiger partial charge in [-0.2, -0.15) is 0 Å². The SMILES string of the molecule is CC(NC(=O)C=Cc1nc2ccccc2s1)c1ccc(NC(=O)c2ccc(F)cc2)cc1. The van der Waals surface area contributed by atoms with E-state index in [1.165, 1.54) is 41.7 Å². The van der Waals surface area contributed by atoms with Crippen LogP contribution in [0.1, 0.15) is 33.9 Å². The number of rotatable bonds is 6. The van der Waals surface area contributed by atoms with E-state index >= 15 is 0 Å². The molecule has 0 aliphatic carbocycles. The number of amides is 2. The molecule has 3 aromatic carbocycles. The monoisotopic (exact) mass is 445 g/mol. The summed E-state index contributed by atoms with van der Waals surface area (Å²) >= 11 is 1.53. The van der Waals surface area contributed by atoms with Gasteiger partial charge < -0.3 is 10.6 Å². The number of aromatic nitrogens is 1. The maximum Gasteiger partial charge on any atom is 0.255 e. The van der Waals surface area contributed by atoms with Gasteiger partial charge in [0.05, 0.1) is 16.3 Å². The van der Waals surface area contributed by atoms with Crippen molar-refractivity contribution in [3.63, 3.8) is 0 Å². The van der Waals surface area contributed by atoms with Crippen LogP contribution in [0.3, 0.4) is 0 Å². The van der Waals surface area contributed by atoms with Crippen molar-refractivity contribution in [2.75, 3.05) is 5.32 Å². The fourth-order valence-electron chi connectivity index (χ4n) is 3.11. The van der Waals surface area contributed by atoms with Crippen LogP contribution in [0.15, 0.2) is 78.9 Å². The first-order valence-electron chi connectivity index (χ1n) is 9.99. The lowest BCUT2D eigenvalue weighted by molar-refractivity contribution is -0.117. The molecular weight excluding hydrogens is 425 g/mol. The second-order valence-electron chi connectivity index (χ2n) is 7.17. The van der Waals surface area contributed by atoms with Gasteiger partial charge in [-0.15, -0.1) is 11.3 Å². The number of hydrogen-bond acceptors (Lipinski definition) is 4. The van der Waals surface area contributed by atoms with Crippen LogP contribution in [0.5, 0.6) is 0 Å². The van der Waals surface area contributed by atoms with Gasteiger partial charge in [0.25, 0.3) is 5.91 Å². The molecule has 0 bridgehead atoms. The zero-order chi connectivity index (χ0) is 22.5. The minimum atomic E-state index is -0.392. The molecule has 7 heteroatoms. The van der Waals surface area contributed by atoms with Gasteiger partial charge in [-0.25, -0.2) is 9.37 Å². The highest BCUT2D eigenvalue weighted by Crippen LogP contribution is 2.22. The Kier molecular flexibility index (Phi) is 6.37. The molecule has 2 N–H and O–H groups in total. The van der Waals surface area contributed by atoms with Crippen molar-refractivity contribution in [2.45, 2.75) is 13.0 Å². The maximum absolute atomic E-state index is 13.0. The van der Waals surface area contributed by atoms with Crippen molar-refractivity contribution in [1.29, 1.82) is 0 Å². The Balaban J connectivity index is 1.33. The molecule has 0 fully saturated rings. The Bertz CT molecular complexity index is 1250. The average molecular weight is 446 g/mol. The van der Waals surface area contributed by atoms with E-state index in [1.54, 1.807) is 18.2 Å². The molecule has 160 valence electrons. The lowest BCUT2D eigenvalue weighted by Gasteiger charge is -2.14. The molecule has 32 heavy (non-hydrogen) atoms. The van der Waals surface area contributed by atoms with Gasteiger partial charge in [-0.3, -0.25) is 9.59 Å². The molecule has 0 radical (unpaired) electrons. The van der Waals surface area contributed by atoms with Crippen molar-refractivity contribution in [3.8, 4) is 0 Å². The van der Waals surface area contributed by atoms with Crippen LogP contribution in [0.4, 0.5) is 10.1 Å².